The number of rotatable bonds is 4. The molecule has 3 rings (SSSR count). The van der Waals surface area contributed by atoms with Crippen LogP contribution < -0.4 is 10.5 Å². The highest BCUT2D eigenvalue weighted by Crippen LogP contribution is 2.34. The highest BCUT2D eigenvalue weighted by atomic mass is 16.5. The van der Waals surface area contributed by atoms with Crippen LogP contribution in [0.25, 0.3) is 0 Å². The molecule has 1 atom stereocenters. The Morgan fingerprint density at radius 1 is 0.857 bits per heavy atom. The van der Waals surface area contributed by atoms with Crippen LogP contribution in [0.2, 0.25) is 0 Å². The molecule has 0 heterocycles. The minimum Gasteiger partial charge on any atom is -0.457 e. The van der Waals surface area contributed by atoms with E-state index in [-0.39, 0.29) is 6.04 Å². The largest absolute Gasteiger partial charge is 0.457 e. The minimum atomic E-state index is 0.129. The second-order valence-electron chi connectivity index (χ2n) is 5.91. The van der Waals surface area contributed by atoms with Crippen LogP contribution in [0.5, 0.6) is 11.5 Å². The van der Waals surface area contributed by atoms with Crippen molar-refractivity contribution < 1.29 is 4.74 Å². The molecular weight excluding hydrogens is 258 g/mol. The van der Waals surface area contributed by atoms with Gasteiger partial charge in [-0.3, -0.25) is 0 Å². The molecule has 1 aliphatic carbocycles. The summed E-state index contributed by atoms with van der Waals surface area (Å²) in [6.45, 7) is 0. The summed E-state index contributed by atoms with van der Waals surface area (Å²) in [5, 5.41) is 0. The molecule has 1 fully saturated rings. The monoisotopic (exact) mass is 281 g/mol. The van der Waals surface area contributed by atoms with Gasteiger partial charge in [0.15, 0.2) is 0 Å². The maximum absolute atomic E-state index is 6.48. The normalized spacial score (nSPS) is 17.4. The van der Waals surface area contributed by atoms with Crippen LogP contribution in [0.1, 0.15) is 43.7 Å². The fourth-order valence-electron chi connectivity index (χ4n) is 3.18. The molecule has 0 spiro atoms. The third-order valence-corrected chi connectivity index (χ3v) is 4.38. The van der Waals surface area contributed by atoms with E-state index in [1.54, 1.807) is 0 Å². The predicted molar refractivity (Wildman–Crippen MR) is 86.5 cm³/mol. The number of benzene rings is 2. The first-order chi connectivity index (χ1) is 10.3. The van der Waals surface area contributed by atoms with Crippen molar-refractivity contribution in [2.45, 2.75) is 38.1 Å². The number of para-hydroxylation sites is 1. The molecule has 0 saturated heterocycles. The zero-order chi connectivity index (χ0) is 14.5. The van der Waals surface area contributed by atoms with Gasteiger partial charge in [-0.25, -0.2) is 0 Å². The summed E-state index contributed by atoms with van der Waals surface area (Å²) in [5.74, 6) is 2.34. The molecule has 0 amide bonds. The Kier molecular flexibility index (Phi) is 4.56. The van der Waals surface area contributed by atoms with E-state index >= 15 is 0 Å². The van der Waals surface area contributed by atoms with Crippen LogP contribution in [0, 0.1) is 5.92 Å². The SMILES string of the molecule is N[C@H](c1cccc(Oc2ccccc2)c1)C1CCCCC1. The number of nitrogens with two attached hydrogens (primary N) is 1. The summed E-state index contributed by atoms with van der Waals surface area (Å²) in [6, 6.07) is 18.2. The smallest absolute Gasteiger partial charge is 0.127 e. The van der Waals surface area contributed by atoms with Gasteiger partial charge in [-0.05, 0) is 48.6 Å². The van der Waals surface area contributed by atoms with Gasteiger partial charge in [-0.2, -0.15) is 0 Å². The fraction of sp³-hybridized carbons (Fsp3) is 0.368. The van der Waals surface area contributed by atoms with Crippen molar-refractivity contribution in [1.82, 2.24) is 0 Å². The lowest BCUT2D eigenvalue weighted by Crippen LogP contribution is -2.23. The predicted octanol–water partition coefficient (Wildman–Crippen LogP) is 5.06. The number of hydrogen-bond acceptors (Lipinski definition) is 2. The second kappa shape index (κ2) is 6.77. The van der Waals surface area contributed by atoms with Crippen molar-refractivity contribution in [2.75, 3.05) is 0 Å². The second-order valence-corrected chi connectivity index (χ2v) is 5.91. The zero-order valence-corrected chi connectivity index (χ0v) is 12.4. The molecule has 0 bridgehead atoms. The van der Waals surface area contributed by atoms with E-state index < -0.39 is 0 Å². The van der Waals surface area contributed by atoms with Crippen LogP contribution in [0.4, 0.5) is 0 Å². The van der Waals surface area contributed by atoms with Crippen molar-refractivity contribution in [1.29, 1.82) is 0 Å². The number of ether oxygens (including phenoxy) is 1. The fourth-order valence-corrected chi connectivity index (χ4v) is 3.18. The van der Waals surface area contributed by atoms with Crippen molar-refractivity contribution >= 4 is 0 Å². The Bertz CT molecular complexity index is 561. The molecule has 0 unspecified atom stereocenters. The van der Waals surface area contributed by atoms with Gasteiger partial charge in [0.2, 0.25) is 0 Å². The van der Waals surface area contributed by atoms with Gasteiger partial charge in [0.25, 0.3) is 0 Å². The molecule has 2 aromatic rings. The Morgan fingerprint density at radius 3 is 2.33 bits per heavy atom. The van der Waals surface area contributed by atoms with E-state index in [1.165, 1.54) is 37.7 Å². The van der Waals surface area contributed by atoms with Gasteiger partial charge >= 0.3 is 0 Å². The third-order valence-electron chi connectivity index (χ3n) is 4.38. The highest BCUT2D eigenvalue weighted by Gasteiger charge is 2.22. The minimum absolute atomic E-state index is 0.129. The van der Waals surface area contributed by atoms with Crippen LogP contribution in [-0.2, 0) is 0 Å². The van der Waals surface area contributed by atoms with Crippen molar-refractivity contribution in [3.63, 3.8) is 0 Å². The molecule has 2 heteroatoms. The van der Waals surface area contributed by atoms with Gasteiger partial charge in [0, 0.05) is 6.04 Å². The van der Waals surface area contributed by atoms with E-state index in [4.69, 9.17) is 10.5 Å². The first-order valence-corrected chi connectivity index (χ1v) is 7.91. The summed E-state index contributed by atoms with van der Waals surface area (Å²) >= 11 is 0. The molecule has 0 aromatic heterocycles. The van der Waals surface area contributed by atoms with Gasteiger partial charge < -0.3 is 10.5 Å². The summed E-state index contributed by atoms with van der Waals surface area (Å²) < 4.78 is 5.90. The molecule has 1 saturated carbocycles. The topological polar surface area (TPSA) is 35.2 Å². The molecule has 21 heavy (non-hydrogen) atoms. The molecule has 2 nitrogen and oxygen atoms in total. The zero-order valence-electron chi connectivity index (χ0n) is 12.4. The average molecular weight is 281 g/mol. The molecule has 110 valence electrons. The summed E-state index contributed by atoms with van der Waals surface area (Å²) in [6.07, 6.45) is 6.51. The third kappa shape index (κ3) is 3.64. The van der Waals surface area contributed by atoms with E-state index in [1.807, 2.05) is 42.5 Å². The molecule has 0 aliphatic heterocycles. The molecular formula is C19H23NO. The van der Waals surface area contributed by atoms with Gasteiger partial charge in [0.05, 0.1) is 0 Å². The Hall–Kier alpha value is -1.80. The quantitative estimate of drug-likeness (QED) is 0.850. The van der Waals surface area contributed by atoms with E-state index in [0.717, 1.165) is 11.5 Å². The highest BCUT2D eigenvalue weighted by molar-refractivity contribution is 5.35. The molecule has 2 aromatic carbocycles. The van der Waals surface area contributed by atoms with Gasteiger partial charge in [-0.15, -0.1) is 0 Å². The van der Waals surface area contributed by atoms with Crippen molar-refractivity contribution in [2.24, 2.45) is 11.7 Å². The van der Waals surface area contributed by atoms with Crippen LogP contribution in [-0.4, -0.2) is 0 Å². The van der Waals surface area contributed by atoms with Crippen molar-refractivity contribution in [3.05, 3.63) is 60.2 Å². The standard InChI is InChI=1S/C19H23NO/c20-19(15-8-3-1-4-9-15)16-10-7-13-18(14-16)21-17-11-5-2-6-12-17/h2,5-7,10-15,19H,1,3-4,8-9,20H2/t19-/m0/s1. The Labute approximate surface area is 126 Å². The summed E-state index contributed by atoms with van der Waals surface area (Å²) in [5.41, 5.74) is 7.67. The lowest BCUT2D eigenvalue weighted by atomic mass is 9.81. The van der Waals surface area contributed by atoms with E-state index in [9.17, 15) is 0 Å². The maximum atomic E-state index is 6.48. The Morgan fingerprint density at radius 2 is 1.57 bits per heavy atom. The van der Waals surface area contributed by atoms with Gasteiger partial charge in [-0.1, -0.05) is 49.6 Å². The lowest BCUT2D eigenvalue weighted by Gasteiger charge is -2.28. The molecule has 0 radical (unpaired) electrons. The van der Waals surface area contributed by atoms with Gasteiger partial charge in [0.1, 0.15) is 11.5 Å². The first kappa shape index (κ1) is 14.2. The molecule has 1 aliphatic rings. The van der Waals surface area contributed by atoms with Crippen LogP contribution in [0.15, 0.2) is 54.6 Å². The van der Waals surface area contributed by atoms with E-state index in [0.29, 0.717) is 5.92 Å². The lowest BCUT2D eigenvalue weighted by molar-refractivity contribution is 0.308. The first-order valence-electron chi connectivity index (χ1n) is 7.91. The molecule has 2 N–H and O–H groups in total. The van der Waals surface area contributed by atoms with Crippen molar-refractivity contribution in [3.8, 4) is 11.5 Å². The number of hydrogen-bond donors (Lipinski definition) is 1. The van der Waals surface area contributed by atoms with E-state index in [2.05, 4.69) is 12.1 Å². The van der Waals surface area contributed by atoms with Crippen LogP contribution in [0.3, 0.4) is 0 Å². The average Bonchev–Trinajstić information content (AvgIpc) is 2.56. The Balaban J connectivity index is 1.73. The summed E-state index contributed by atoms with van der Waals surface area (Å²) in [4.78, 5) is 0. The summed E-state index contributed by atoms with van der Waals surface area (Å²) in [7, 11) is 0. The maximum Gasteiger partial charge on any atom is 0.127 e. The van der Waals surface area contributed by atoms with Crippen LogP contribution >= 0.6 is 0 Å².